The van der Waals surface area contributed by atoms with Crippen molar-refractivity contribution < 1.29 is 4.74 Å². The highest BCUT2D eigenvalue weighted by Gasteiger charge is 2.02. The van der Waals surface area contributed by atoms with Gasteiger partial charge in [0.25, 0.3) is 0 Å². The summed E-state index contributed by atoms with van der Waals surface area (Å²) in [5.41, 5.74) is 3.36. The lowest BCUT2D eigenvalue weighted by atomic mass is 9.97. The molecule has 1 heteroatoms. The Morgan fingerprint density at radius 1 is 1.00 bits per heavy atom. The molecule has 23 heavy (non-hydrogen) atoms. The summed E-state index contributed by atoms with van der Waals surface area (Å²) >= 11 is 0. The van der Waals surface area contributed by atoms with Gasteiger partial charge < -0.3 is 4.74 Å². The Morgan fingerprint density at radius 3 is 2.09 bits per heavy atom. The summed E-state index contributed by atoms with van der Waals surface area (Å²) in [5, 5.41) is 0. The molecule has 0 bridgehead atoms. The predicted octanol–water partition coefficient (Wildman–Crippen LogP) is 5.55. The van der Waals surface area contributed by atoms with Crippen LogP contribution < -0.4 is 4.74 Å². The van der Waals surface area contributed by atoms with Crippen LogP contribution in [0.2, 0.25) is 0 Å². The summed E-state index contributed by atoms with van der Waals surface area (Å²) in [4.78, 5) is 0. The van der Waals surface area contributed by atoms with Crippen LogP contribution in [0.3, 0.4) is 0 Å². The van der Waals surface area contributed by atoms with Crippen molar-refractivity contribution in [3.8, 4) is 17.6 Å². The Bertz CT molecular complexity index is 669. The van der Waals surface area contributed by atoms with E-state index in [-0.39, 0.29) is 0 Å². The van der Waals surface area contributed by atoms with Crippen LogP contribution in [0.4, 0.5) is 0 Å². The lowest BCUT2D eigenvalue weighted by Crippen LogP contribution is -1.94. The Hall–Kier alpha value is -2.46. The van der Waals surface area contributed by atoms with E-state index in [4.69, 9.17) is 4.74 Å². The molecule has 0 amide bonds. The van der Waals surface area contributed by atoms with Crippen molar-refractivity contribution in [2.45, 2.75) is 32.6 Å². The zero-order valence-electron chi connectivity index (χ0n) is 14.0. The molecule has 0 aliphatic heterocycles. The summed E-state index contributed by atoms with van der Waals surface area (Å²) < 4.78 is 5.57. The summed E-state index contributed by atoms with van der Waals surface area (Å²) in [7, 11) is 0. The second-order valence-electron chi connectivity index (χ2n) is 5.67. The van der Waals surface area contributed by atoms with Crippen LogP contribution >= 0.6 is 0 Å². The van der Waals surface area contributed by atoms with Crippen molar-refractivity contribution in [2.24, 2.45) is 0 Å². The molecule has 0 aliphatic rings. The Labute approximate surface area is 140 Å². The zero-order chi connectivity index (χ0) is 16.5. The first-order valence-electron chi connectivity index (χ1n) is 8.18. The number of hydrogen-bond donors (Lipinski definition) is 0. The molecule has 0 spiro atoms. The molecular weight excluding hydrogens is 280 g/mol. The maximum atomic E-state index is 5.57. The number of ether oxygens (including phenoxy) is 1. The van der Waals surface area contributed by atoms with Gasteiger partial charge in [0.1, 0.15) is 5.75 Å². The molecule has 0 N–H and O–H groups in total. The van der Waals surface area contributed by atoms with Crippen molar-refractivity contribution in [1.82, 2.24) is 0 Å². The van der Waals surface area contributed by atoms with E-state index in [1.807, 2.05) is 30.3 Å². The van der Waals surface area contributed by atoms with Gasteiger partial charge in [0.15, 0.2) is 0 Å². The summed E-state index contributed by atoms with van der Waals surface area (Å²) in [6, 6.07) is 16.4. The van der Waals surface area contributed by atoms with E-state index in [0.29, 0.717) is 5.92 Å². The SMILES string of the molecule is C=CCC(C)c1ccc(C#Cc2ccc(OCCC)cc2)cc1. The van der Waals surface area contributed by atoms with E-state index in [0.717, 1.165) is 36.3 Å². The number of hydrogen-bond acceptors (Lipinski definition) is 1. The first-order valence-corrected chi connectivity index (χ1v) is 8.18. The lowest BCUT2D eigenvalue weighted by molar-refractivity contribution is 0.317. The normalized spacial score (nSPS) is 11.2. The minimum absolute atomic E-state index is 0.505. The molecule has 1 unspecified atom stereocenters. The fourth-order valence-corrected chi connectivity index (χ4v) is 2.28. The summed E-state index contributed by atoms with van der Waals surface area (Å²) in [6.45, 7) is 8.86. The molecular formula is C22H24O. The third kappa shape index (κ3) is 5.34. The highest BCUT2D eigenvalue weighted by Crippen LogP contribution is 2.19. The molecule has 2 aromatic carbocycles. The average Bonchev–Trinajstić information content (AvgIpc) is 2.59. The van der Waals surface area contributed by atoms with E-state index in [9.17, 15) is 0 Å². The van der Waals surface area contributed by atoms with Gasteiger partial charge in [-0.1, -0.05) is 43.9 Å². The second kappa shape index (κ2) is 8.86. The van der Waals surface area contributed by atoms with Gasteiger partial charge in [-0.15, -0.1) is 6.58 Å². The molecule has 2 rings (SSSR count). The quantitative estimate of drug-likeness (QED) is 0.502. The van der Waals surface area contributed by atoms with Gasteiger partial charge in [-0.05, 0) is 60.7 Å². The number of allylic oxidation sites excluding steroid dienone is 1. The van der Waals surface area contributed by atoms with Gasteiger partial charge in [-0.2, -0.15) is 0 Å². The fourth-order valence-electron chi connectivity index (χ4n) is 2.28. The van der Waals surface area contributed by atoms with Gasteiger partial charge in [0.2, 0.25) is 0 Å². The van der Waals surface area contributed by atoms with E-state index < -0.39 is 0 Å². The van der Waals surface area contributed by atoms with Crippen LogP contribution in [0.25, 0.3) is 0 Å². The number of rotatable bonds is 6. The van der Waals surface area contributed by atoms with Gasteiger partial charge in [0, 0.05) is 11.1 Å². The van der Waals surface area contributed by atoms with E-state index in [1.165, 1.54) is 5.56 Å². The Morgan fingerprint density at radius 2 is 1.57 bits per heavy atom. The molecule has 0 saturated carbocycles. The zero-order valence-corrected chi connectivity index (χ0v) is 14.0. The van der Waals surface area contributed by atoms with Crippen LogP contribution in [-0.2, 0) is 0 Å². The summed E-state index contributed by atoms with van der Waals surface area (Å²) in [6.07, 6.45) is 3.98. The minimum Gasteiger partial charge on any atom is -0.494 e. The monoisotopic (exact) mass is 304 g/mol. The van der Waals surface area contributed by atoms with E-state index in [1.54, 1.807) is 0 Å². The fraction of sp³-hybridized carbons (Fsp3) is 0.273. The second-order valence-corrected chi connectivity index (χ2v) is 5.67. The number of benzene rings is 2. The Kier molecular flexibility index (Phi) is 6.51. The minimum atomic E-state index is 0.505. The topological polar surface area (TPSA) is 9.23 Å². The lowest BCUT2D eigenvalue weighted by Gasteiger charge is -2.08. The van der Waals surface area contributed by atoms with Crippen LogP contribution in [0.1, 0.15) is 49.3 Å². The molecule has 0 fully saturated rings. The first-order chi connectivity index (χ1) is 11.2. The molecule has 0 radical (unpaired) electrons. The van der Waals surface area contributed by atoms with Crippen molar-refractivity contribution in [3.05, 3.63) is 77.9 Å². The van der Waals surface area contributed by atoms with Crippen LogP contribution in [0.15, 0.2) is 61.2 Å². The van der Waals surface area contributed by atoms with Gasteiger partial charge in [0.05, 0.1) is 6.61 Å². The van der Waals surface area contributed by atoms with Crippen molar-refractivity contribution >= 4 is 0 Å². The van der Waals surface area contributed by atoms with Crippen molar-refractivity contribution in [2.75, 3.05) is 6.61 Å². The smallest absolute Gasteiger partial charge is 0.119 e. The summed E-state index contributed by atoms with van der Waals surface area (Å²) in [5.74, 6) is 7.81. The molecule has 0 heterocycles. The maximum absolute atomic E-state index is 5.57. The highest BCUT2D eigenvalue weighted by molar-refractivity contribution is 5.45. The van der Waals surface area contributed by atoms with Crippen molar-refractivity contribution in [1.29, 1.82) is 0 Å². The van der Waals surface area contributed by atoms with Crippen molar-refractivity contribution in [3.63, 3.8) is 0 Å². The van der Waals surface area contributed by atoms with Crippen LogP contribution in [0.5, 0.6) is 5.75 Å². The first kappa shape index (κ1) is 16.9. The van der Waals surface area contributed by atoms with Gasteiger partial charge in [-0.3, -0.25) is 0 Å². The molecule has 118 valence electrons. The third-order valence-corrected chi connectivity index (χ3v) is 3.68. The average molecular weight is 304 g/mol. The van der Waals surface area contributed by atoms with E-state index in [2.05, 4.69) is 56.5 Å². The predicted molar refractivity (Wildman–Crippen MR) is 97.9 cm³/mol. The Balaban J connectivity index is 2.02. The molecule has 0 saturated heterocycles. The molecule has 0 aromatic heterocycles. The highest BCUT2D eigenvalue weighted by atomic mass is 16.5. The van der Waals surface area contributed by atoms with Crippen LogP contribution in [-0.4, -0.2) is 6.61 Å². The maximum Gasteiger partial charge on any atom is 0.119 e. The third-order valence-electron chi connectivity index (χ3n) is 3.68. The van der Waals surface area contributed by atoms with Gasteiger partial charge in [-0.25, -0.2) is 0 Å². The molecule has 1 atom stereocenters. The molecule has 0 aliphatic carbocycles. The van der Waals surface area contributed by atoms with E-state index >= 15 is 0 Å². The molecule has 1 nitrogen and oxygen atoms in total. The van der Waals surface area contributed by atoms with Gasteiger partial charge >= 0.3 is 0 Å². The standard InChI is InChI=1S/C22H24O/c1-4-6-18(3)21-13-9-19(10-14-21)7-8-20-11-15-22(16-12-20)23-17-5-2/h4,9-16,18H,1,5-6,17H2,2-3H3. The largest absolute Gasteiger partial charge is 0.494 e. The molecule has 2 aromatic rings. The van der Waals surface area contributed by atoms with Crippen LogP contribution in [0, 0.1) is 11.8 Å².